The number of aromatic nitrogens is 3. The molecule has 2 rings (SSSR count). The molecule has 2 aromatic rings. The van der Waals surface area contributed by atoms with Gasteiger partial charge in [0.1, 0.15) is 9.48 Å². The smallest absolute Gasteiger partial charge is 0.283 e. The highest BCUT2D eigenvalue weighted by Crippen LogP contribution is 2.24. The first-order chi connectivity index (χ1) is 9.13. The molecule has 0 aliphatic heterocycles. The Morgan fingerprint density at radius 1 is 1.63 bits per heavy atom. The highest BCUT2D eigenvalue weighted by atomic mass is 79.9. The number of nitrogens with zero attached hydrogens (tertiary/aromatic N) is 3. The minimum Gasteiger partial charge on any atom is -0.394 e. The van der Waals surface area contributed by atoms with Crippen molar-refractivity contribution in [3.05, 3.63) is 37.6 Å². The quantitative estimate of drug-likeness (QED) is 0.861. The average molecular weight is 345 g/mol. The lowest BCUT2D eigenvalue weighted by Gasteiger charge is -2.14. The lowest BCUT2D eigenvalue weighted by Crippen LogP contribution is -2.26. The number of hydrogen-bond donors (Lipinski definition) is 2. The van der Waals surface area contributed by atoms with Gasteiger partial charge in [-0.2, -0.15) is 5.10 Å². The number of hydrogen-bond acceptors (Lipinski definition) is 6. The fourth-order valence-corrected chi connectivity index (χ4v) is 2.63. The van der Waals surface area contributed by atoms with Gasteiger partial charge in [-0.05, 0) is 22.9 Å². The number of rotatable bonds is 5. The van der Waals surface area contributed by atoms with Gasteiger partial charge in [0, 0.05) is 11.6 Å². The van der Waals surface area contributed by atoms with Crippen LogP contribution in [0.1, 0.15) is 18.0 Å². The average Bonchev–Trinajstić information content (AvgIpc) is 2.92. The molecule has 0 spiro atoms. The van der Waals surface area contributed by atoms with Gasteiger partial charge >= 0.3 is 0 Å². The van der Waals surface area contributed by atoms with Gasteiger partial charge in [0.05, 0.1) is 31.1 Å². The van der Waals surface area contributed by atoms with Crippen LogP contribution in [0.25, 0.3) is 0 Å². The Hall–Kier alpha value is -1.25. The van der Waals surface area contributed by atoms with E-state index < -0.39 is 0 Å². The number of nitrogens with one attached hydrogen (secondary N) is 1. The second-order valence-corrected chi connectivity index (χ2v) is 5.58. The lowest BCUT2D eigenvalue weighted by molar-refractivity contribution is 0.266. The summed E-state index contributed by atoms with van der Waals surface area (Å²) in [6, 6.07) is -0.00816. The Bertz CT molecular complexity index is 599. The predicted molar refractivity (Wildman–Crippen MR) is 77.4 cm³/mol. The Morgan fingerprint density at radius 2 is 2.42 bits per heavy atom. The van der Waals surface area contributed by atoms with Crippen molar-refractivity contribution in [1.29, 1.82) is 0 Å². The van der Waals surface area contributed by atoms with E-state index in [1.54, 1.807) is 23.7 Å². The fourth-order valence-electron chi connectivity index (χ4n) is 1.56. The first-order valence-electron chi connectivity index (χ1n) is 5.66. The zero-order valence-electron chi connectivity index (χ0n) is 10.2. The molecule has 0 fully saturated rings. The van der Waals surface area contributed by atoms with Gasteiger partial charge in [-0.3, -0.25) is 4.79 Å². The van der Waals surface area contributed by atoms with Gasteiger partial charge in [-0.15, -0.1) is 11.3 Å². The van der Waals surface area contributed by atoms with Crippen molar-refractivity contribution in [2.75, 3.05) is 11.9 Å². The molecule has 0 saturated heterocycles. The van der Waals surface area contributed by atoms with Crippen LogP contribution in [0, 0.1) is 0 Å². The van der Waals surface area contributed by atoms with E-state index in [-0.39, 0.29) is 24.8 Å². The third kappa shape index (κ3) is 3.20. The molecule has 2 heterocycles. The van der Waals surface area contributed by atoms with Gasteiger partial charge in [-0.1, -0.05) is 0 Å². The van der Waals surface area contributed by atoms with Crippen molar-refractivity contribution in [1.82, 2.24) is 14.8 Å². The van der Waals surface area contributed by atoms with Crippen LogP contribution in [-0.2, 0) is 6.54 Å². The highest BCUT2D eigenvalue weighted by Gasteiger charge is 2.13. The first kappa shape index (κ1) is 14.2. The number of anilines is 1. The number of thiazole rings is 1. The third-order valence-electron chi connectivity index (χ3n) is 2.49. The highest BCUT2D eigenvalue weighted by molar-refractivity contribution is 9.10. The Balaban J connectivity index is 2.22. The van der Waals surface area contributed by atoms with Crippen LogP contribution in [0.5, 0.6) is 0 Å². The third-order valence-corrected chi connectivity index (χ3v) is 4.22. The van der Waals surface area contributed by atoms with Crippen molar-refractivity contribution >= 4 is 33.0 Å². The summed E-state index contributed by atoms with van der Waals surface area (Å²) in [4.78, 5) is 16.2. The standard InChI is InChI=1S/C11H13BrN4O2S/c1-7(10-13-2-5-19-10)15-8-6-14-16(3-4-17)11(18)9(8)12/h2,5-7,15,17H,3-4H2,1H3. The maximum absolute atomic E-state index is 11.9. The van der Waals surface area contributed by atoms with Gasteiger partial charge in [0.15, 0.2) is 0 Å². The second-order valence-electron chi connectivity index (χ2n) is 3.86. The van der Waals surface area contributed by atoms with E-state index in [1.807, 2.05) is 12.3 Å². The SMILES string of the molecule is CC(Nc1cnn(CCO)c(=O)c1Br)c1nccs1. The van der Waals surface area contributed by atoms with Crippen LogP contribution in [0.4, 0.5) is 5.69 Å². The Labute approximate surface area is 122 Å². The van der Waals surface area contributed by atoms with Crippen LogP contribution < -0.4 is 10.9 Å². The van der Waals surface area contributed by atoms with Crippen LogP contribution in [-0.4, -0.2) is 26.5 Å². The van der Waals surface area contributed by atoms with E-state index in [1.165, 1.54) is 4.68 Å². The summed E-state index contributed by atoms with van der Waals surface area (Å²) in [5, 5.41) is 18.9. The Morgan fingerprint density at radius 3 is 3.05 bits per heavy atom. The molecule has 0 radical (unpaired) electrons. The van der Waals surface area contributed by atoms with Crippen molar-refractivity contribution in [3.63, 3.8) is 0 Å². The lowest BCUT2D eigenvalue weighted by atomic mass is 10.3. The molecular formula is C11H13BrN4O2S. The maximum atomic E-state index is 11.9. The van der Waals surface area contributed by atoms with E-state index in [0.717, 1.165) is 5.01 Å². The van der Waals surface area contributed by atoms with Gasteiger partial charge < -0.3 is 10.4 Å². The monoisotopic (exact) mass is 344 g/mol. The second kappa shape index (κ2) is 6.27. The minimum atomic E-state index is -0.273. The molecule has 2 aromatic heterocycles. The van der Waals surface area contributed by atoms with Crippen LogP contribution >= 0.6 is 27.3 Å². The van der Waals surface area contributed by atoms with Crippen molar-refractivity contribution < 1.29 is 5.11 Å². The van der Waals surface area contributed by atoms with Crippen LogP contribution in [0.2, 0.25) is 0 Å². The largest absolute Gasteiger partial charge is 0.394 e. The Kier molecular flexibility index (Phi) is 4.67. The molecule has 19 heavy (non-hydrogen) atoms. The molecule has 6 nitrogen and oxygen atoms in total. The van der Waals surface area contributed by atoms with Gasteiger partial charge in [0.2, 0.25) is 0 Å². The van der Waals surface area contributed by atoms with E-state index in [2.05, 4.69) is 31.3 Å². The predicted octanol–water partition coefficient (Wildman–Crippen LogP) is 1.63. The molecule has 0 saturated carbocycles. The normalized spacial score (nSPS) is 12.4. The topological polar surface area (TPSA) is 80.0 Å². The molecule has 0 bridgehead atoms. The summed E-state index contributed by atoms with van der Waals surface area (Å²) in [5.74, 6) is 0. The number of aliphatic hydroxyl groups excluding tert-OH is 1. The number of halogens is 1. The maximum Gasteiger partial charge on any atom is 0.283 e. The van der Waals surface area contributed by atoms with E-state index in [0.29, 0.717) is 10.2 Å². The summed E-state index contributed by atoms with van der Waals surface area (Å²) < 4.78 is 1.61. The van der Waals surface area contributed by atoms with Crippen molar-refractivity contribution in [3.8, 4) is 0 Å². The summed E-state index contributed by atoms with van der Waals surface area (Å²) in [5.41, 5.74) is 0.340. The number of aliphatic hydroxyl groups is 1. The fraction of sp³-hybridized carbons (Fsp3) is 0.364. The molecule has 2 N–H and O–H groups in total. The van der Waals surface area contributed by atoms with Gasteiger partial charge in [-0.25, -0.2) is 9.67 Å². The zero-order valence-corrected chi connectivity index (χ0v) is 12.6. The van der Waals surface area contributed by atoms with Crippen LogP contribution in [0.15, 0.2) is 27.0 Å². The molecule has 8 heteroatoms. The molecule has 0 amide bonds. The van der Waals surface area contributed by atoms with Crippen molar-refractivity contribution in [2.24, 2.45) is 0 Å². The molecular weight excluding hydrogens is 332 g/mol. The summed E-state index contributed by atoms with van der Waals surface area (Å²) in [6.45, 7) is 2.02. The molecule has 1 atom stereocenters. The first-order valence-corrected chi connectivity index (χ1v) is 7.33. The molecule has 0 aliphatic carbocycles. The summed E-state index contributed by atoms with van der Waals surface area (Å²) in [7, 11) is 0. The van der Waals surface area contributed by atoms with E-state index in [9.17, 15) is 4.79 Å². The molecule has 102 valence electrons. The minimum absolute atomic E-state index is 0.00816. The van der Waals surface area contributed by atoms with Gasteiger partial charge in [0.25, 0.3) is 5.56 Å². The van der Waals surface area contributed by atoms with E-state index >= 15 is 0 Å². The van der Waals surface area contributed by atoms with Crippen molar-refractivity contribution in [2.45, 2.75) is 19.5 Å². The van der Waals surface area contributed by atoms with Crippen LogP contribution in [0.3, 0.4) is 0 Å². The van der Waals surface area contributed by atoms with E-state index in [4.69, 9.17) is 5.11 Å². The molecule has 0 aliphatic rings. The summed E-state index contributed by atoms with van der Waals surface area (Å²) >= 11 is 4.80. The summed E-state index contributed by atoms with van der Waals surface area (Å²) in [6.07, 6.45) is 3.30. The zero-order chi connectivity index (χ0) is 13.8. The molecule has 1 unspecified atom stereocenters. The molecule has 0 aromatic carbocycles.